The number of benzene rings is 1. The van der Waals surface area contributed by atoms with Crippen molar-refractivity contribution < 1.29 is 0 Å². The lowest BCUT2D eigenvalue weighted by Gasteiger charge is -2.24. The topological polar surface area (TPSA) is 29.9 Å². The Hall–Kier alpha value is -1.61. The highest BCUT2D eigenvalue weighted by Crippen LogP contribution is 2.41. The molecule has 3 heteroatoms. The normalized spacial score (nSPS) is 21.3. The first kappa shape index (κ1) is 13.1. The van der Waals surface area contributed by atoms with Gasteiger partial charge in [0.15, 0.2) is 0 Å². The van der Waals surface area contributed by atoms with Gasteiger partial charge in [-0.05, 0) is 49.1 Å². The van der Waals surface area contributed by atoms with E-state index in [4.69, 9.17) is 0 Å². The Balaban J connectivity index is 1.50. The summed E-state index contributed by atoms with van der Waals surface area (Å²) in [6, 6.07) is 9.41. The van der Waals surface area contributed by atoms with Crippen LogP contribution in [-0.4, -0.2) is 9.78 Å². The van der Waals surface area contributed by atoms with Crippen molar-refractivity contribution in [2.75, 3.05) is 0 Å². The van der Waals surface area contributed by atoms with Gasteiger partial charge in [0.2, 0.25) is 0 Å². The van der Waals surface area contributed by atoms with Crippen LogP contribution in [0.4, 0.5) is 0 Å². The molecular weight excluding hydrogens is 258 g/mol. The molecule has 1 atom stereocenters. The molecule has 0 aliphatic heterocycles. The minimum absolute atomic E-state index is 0.467. The van der Waals surface area contributed by atoms with Crippen molar-refractivity contribution in [3.8, 4) is 0 Å². The first-order valence-corrected chi connectivity index (χ1v) is 8.15. The lowest BCUT2D eigenvalue weighted by molar-refractivity contribution is 0.451. The minimum Gasteiger partial charge on any atom is -0.306 e. The molecule has 1 saturated carbocycles. The van der Waals surface area contributed by atoms with Crippen molar-refractivity contribution in [2.24, 2.45) is 7.05 Å². The van der Waals surface area contributed by atoms with Crippen LogP contribution >= 0.6 is 0 Å². The molecule has 0 saturated heterocycles. The van der Waals surface area contributed by atoms with E-state index in [9.17, 15) is 0 Å². The second-order valence-electron chi connectivity index (χ2n) is 6.47. The van der Waals surface area contributed by atoms with E-state index in [0.29, 0.717) is 6.04 Å². The van der Waals surface area contributed by atoms with E-state index in [-0.39, 0.29) is 0 Å². The number of fused-ring (bicyclic) bond motifs is 1. The predicted octanol–water partition coefficient (Wildman–Crippen LogP) is 3.46. The molecule has 0 amide bonds. The summed E-state index contributed by atoms with van der Waals surface area (Å²) in [7, 11) is 2.06. The van der Waals surface area contributed by atoms with Gasteiger partial charge >= 0.3 is 0 Å². The van der Waals surface area contributed by atoms with Crippen molar-refractivity contribution in [3.63, 3.8) is 0 Å². The third-order valence-corrected chi connectivity index (χ3v) is 4.99. The Morgan fingerprint density at radius 2 is 2.05 bits per heavy atom. The van der Waals surface area contributed by atoms with E-state index in [1.54, 1.807) is 5.56 Å². The highest BCUT2D eigenvalue weighted by molar-refractivity contribution is 5.33. The monoisotopic (exact) mass is 281 g/mol. The van der Waals surface area contributed by atoms with Gasteiger partial charge in [-0.15, -0.1) is 0 Å². The van der Waals surface area contributed by atoms with Gasteiger partial charge in [-0.3, -0.25) is 4.68 Å². The Kier molecular flexibility index (Phi) is 3.30. The molecule has 2 aliphatic carbocycles. The second kappa shape index (κ2) is 5.30. The molecule has 1 aromatic carbocycles. The largest absolute Gasteiger partial charge is 0.306 e. The third-order valence-electron chi connectivity index (χ3n) is 4.99. The summed E-state index contributed by atoms with van der Waals surface area (Å²) in [6.45, 7) is 0.978. The molecule has 1 unspecified atom stereocenters. The zero-order chi connectivity index (χ0) is 14.2. The van der Waals surface area contributed by atoms with E-state index in [1.165, 1.54) is 48.9 Å². The summed E-state index contributed by atoms with van der Waals surface area (Å²) in [5.41, 5.74) is 5.87. The molecule has 0 spiro atoms. The first-order valence-electron chi connectivity index (χ1n) is 8.15. The van der Waals surface area contributed by atoms with Crippen LogP contribution in [0.3, 0.4) is 0 Å². The van der Waals surface area contributed by atoms with E-state index in [2.05, 4.69) is 47.9 Å². The molecule has 1 aromatic heterocycles. The average molecular weight is 281 g/mol. The maximum atomic E-state index is 4.44. The van der Waals surface area contributed by atoms with Crippen LogP contribution in [-0.2, 0) is 20.0 Å². The van der Waals surface area contributed by atoms with Gasteiger partial charge in [0.25, 0.3) is 0 Å². The summed E-state index contributed by atoms with van der Waals surface area (Å²) >= 11 is 0. The first-order chi connectivity index (χ1) is 10.3. The van der Waals surface area contributed by atoms with Gasteiger partial charge in [0.1, 0.15) is 0 Å². The zero-order valence-corrected chi connectivity index (χ0v) is 12.7. The molecule has 21 heavy (non-hydrogen) atoms. The fourth-order valence-corrected chi connectivity index (χ4v) is 3.64. The number of hydrogen-bond acceptors (Lipinski definition) is 2. The molecule has 2 aliphatic rings. The van der Waals surface area contributed by atoms with Gasteiger partial charge in [0, 0.05) is 30.9 Å². The predicted molar refractivity (Wildman–Crippen MR) is 84.1 cm³/mol. The van der Waals surface area contributed by atoms with E-state index in [0.717, 1.165) is 12.5 Å². The maximum Gasteiger partial charge on any atom is 0.0540 e. The fourth-order valence-electron chi connectivity index (χ4n) is 3.64. The molecule has 1 fully saturated rings. The highest BCUT2D eigenvalue weighted by atomic mass is 15.3. The van der Waals surface area contributed by atoms with Crippen LogP contribution in [0.25, 0.3) is 0 Å². The summed E-state index contributed by atoms with van der Waals surface area (Å²) in [6.07, 6.45) is 8.45. The van der Waals surface area contributed by atoms with Crippen LogP contribution in [0.5, 0.6) is 0 Å². The Morgan fingerprint density at radius 3 is 2.90 bits per heavy atom. The molecule has 4 rings (SSSR count). The molecule has 0 radical (unpaired) electrons. The maximum absolute atomic E-state index is 4.44. The highest BCUT2D eigenvalue weighted by Gasteiger charge is 2.26. The standard InChI is InChI=1S/C18H23N3/c1-21-18-8-4-7-17(16(18)12-20-21)19-11-14-5-2-3-6-15(14)13-9-10-13/h2-3,5-6,12-13,17,19H,4,7-11H2,1H3. The second-order valence-corrected chi connectivity index (χ2v) is 6.47. The molecule has 110 valence electrons. The molecule has 0 bridgehead atoms. The lowest BCUT2D eigenvalue weighted by Crippen LogP contribution is -2.25. The molecule has 3 nitrogen and oxygen atoms in total. The van der Waals surface area contributed by atoms with Gasteiger partial charge < -0.3 is 5.32 Å². The van der Waals surface area contributed by atoms with Gasteiger partial charge in [-0.1, -0.05) is 24.3 Å². The number of aromatic nitrogens is 2. The summed E-state index contributed by atoms with van der Waals surface area (Å²) in [4.78, 5) is 0. The SMILES string of the molecule is Cn1ncc2c1CCCC2NCc1ccccc1C1CC1. The smallest absolute Gasteiger partial charge is 0.0540 e. The van der Waals surface area contributed by atoms with Gasteiger partial charge in [-0.2, -0.15) is 5.10 Å². The van der Waals surface area contributed by atoms with E-state index in [1.807, 2.05) is 4.68 Å². The Labute approximate surface area is 126 Å². The number of nitrogens with one attached hydrogen (secondary N) is 1. The Morgan fingerprint density at radius 1 is 1.19 bits per heavy atom. The molecule has 2 aromatic rings. The Bertz CT molecular complexity index is 640. The van der Waals surface area contributed by atoms with Crippen LogP contribution in [0, 0.1) is 0 Å². The molecule has 1 heterocycles. The van der Waals surface area contributed by atoms with Crippen LogP contribution in [0.1, 0.15) is 60.0 Å². The van der Waals surface area contributed by atoms with Crippen molar-refractivity contribution >= 4 is 0 Å². The average Bonchev–Trinajstić information content (AvgIpc) is 3.30. The molecule has 1 N–H and O–H groups in total. The minimum atomic E-state index is 0.467. The number of aryl methyl sites for hydroxylation is 1. The van der Waals surface area contributed by atoms with E-state index < -0.39 is 0 Å². The van der Waals surface area contributed by atoms with Crippen LogP contribution < -0.4 is 5.32 Å². The number of rotatable bonds is 4. The van der Waals surface area contributed by atoms with Crippen LogP contribution in [0.2, 0.25) is 0 Å². The van der Waals surface area contributed by atoms with Gasteiger partial charge in [-0.25, -0.2) is 0 Å². The number of nitrogens with zero attached hydrogens (tertiary/aromatic N) is 2. The van der Waals surface area contributed by atoms with Crippen molar-refractivity contribution in [1.82, 2.24) is 15.1 Å². The zero-order valence-electron chi connectivity index (χ0n) is 12.7. The summed E-state index contributed by atoms with van der Waals surface area (Å²) in [5.74, 6) is 0.823. The molecular formula is C18H23N3. The van der Waals surface area contributed by atoms with Crippen LogP contribution in [0.15, 0.2) is 30.5 Å². The third kappa shape index (κ3) is 2.51. The summed E-state index contributed by atoms with van der Waals surface area (Å²) in [5, 5.41) is 8.21. The lowest BCUT2D eigenvalue weighted by atomic mass is 9.92. The summed E-state index contributed by atoms with van der Waals surface area (Å²) < 4.78 is 2.04. The quantitative estimate of drug-likeness (QED) is 0.930. The van der Waals surface area contributed by atoms with Crippen molar-refractivity contribution in [1.29, 1.82) is 0 Å². The fraction of sp³-hybridized carbons (Fsp3) is 0.500. The van der Waals surface area contributed by atoms with Gasteiger partial charge in [0.05, 0.1) is 6.20 Å². The van der Waals surface area contributed by atoms with E-state index >= 15 is 0 Å². The van der Waals surface area contributed by atoms with Crippen molar-refractivity contribution in [3.05, 3.63) is 52.8 Å². The number of hydrogen-bond donors (Lipinski definition) is 1. The van der Waals surface area contributed by atoms with Crippen molar-refractivity contribution in [2.45, 2.75) is 50.6 Å².